The van der Waals surface area contributed by atoms with Gasteiger partial charge in [-0.1, -0.05) is 11.6 Å². The number of halogens is 1. The van der Waals surface area contributed by atoms with Gasteiger partial charge in [-0.25, -0.2) is 23.2 Å². The second-order valence-corrected chi connectivity index (χ2v) is 13.8. The molecule has 4 rings (SSSR count). The van der Waals surface area contributed by atoms with E-state index in [0.717, 1.165) is 29.6 Å². The summed E-state index contributed by atoms with van der Waals surface area (Å²) in [6.07, 6.45) is 6.11. The number of sulfone groups is 1. The van der Waals surface area contributed by atoms with Gasteiger partial charge >= 0.3 is 6.03 Å². The predicted octanol–water partition coefficient (Wildman–Crippen LogP) is 3.81. The van der Waals surface area contributed by atoms with Crippen LogP contribution in [0.15, 0.2) is 36.8 Å². The van der Waals surface area contributed by atoms with E-state index in [2.05, 4.69) is 25.9 Å². The van der Waals surface area contributed by atoms with E-state index >= 15 is 0 Å². The van der Waals surface area contributed by atoms with Crippen LogP contribution in [-0.2, 0) is 16.4 Å². The molecule has 218 valence electrons. The third kappa shape index (κ3) is 8.45. The first-order valence-corrected chi connectivity index (χ1v) is 15.8. The van der Waals surface area contributed by atoms with Crippen LogP contribution in [0.25, 0.3) is 11.0 Å². The summed E-state index contributed by atoms with van der Waals surface area (Å²) in [7, 11) is -3.00. The summed E-state index contributed by atoms with van der Waals surface area (Å²) in [4.78, 5) is 23.1. The molecule has 3 heterocycles. The standard InChI is InChI=1S/C27H38ClN7O4S/c1-27(2,3)33-26(36)35-12-7-20(8-13-35)39-23-6-5-19(17-21(23)28)32-25-24-22(30-18-31-25)9-14-34(24)15-10-29-11-16-40(4,37)38/h5-6,9,14,17-18,20,29H,7-8,10-13,15-16H2,1-4H3,(H,33,36)(H,30,31,32). The molecule has 3 aromatic rings. The van der Waals surface area contributed by atoms with Crippen LogP contribution in [0.5, 0.6) is 5.75 Å². The Hall–Kier alpha value is -3.09. The number of rotatable bonds is 10. The van der Waals surface area contributed by atoms with Crippen LogP contribution in [0.4, 0.5) is 16.3 Å². The second kappa shape index (κ2) is 12.6. The Balaban J connectivity index is 1.35. The van der Waals surface area contributed by atoms with Gasteiger partial charge in [-0.15, -0.1) is 0 Å². The number of piperidine rings is 1. The Labute approximate surface area is 240 Å². The van der Waals surface area contributed by atoms with Gasteiger partial charge in [-0.2, -0.15) is 0 Å². The molecule has 0 spiro atoms. The molecule has 1 fully saturated rings. The molecule has 2 amide bonds. The molecular formula is C27H38ClN7O4S. The molecule has 1 aliphatic rings. The molecule has 1 aliphatic heterocycles. The summed E-state index contributed by atoms with van der Waals surface area (Å²) >= 11 is 6.60. The molecule has 0 unspecified atom stereocenters. The van der Waals surface area contributed by atoms with E-state index in [-0.39, 0.29) is 23.4 Å². The van der Waals surface area contributed by atoms with Crippen molar-refractivity contribution in [2.24, 2.45) is 0 Å². The van der Waals surface area contributed by atoms with Gasteiger partial charge in [0.15, 0.2) is 5.82 Å². The fourth-order valence-electron chi connectivity index (χ4n) is 4.46. The van der Waals surface area contributed by atoms with E-state index in [1.165, 1.54) is 12.6 Å². The average Bonchev–Trinajstić information content (AvgIpc) is 3.28. The maximum atomic E-state index is 12.4. The van der Waals surface area contributed by atoms with Gasteiger partial charge in [-0.3, -0.25) is 0 Å². The Morgan fingerprint density at radius 3 is 2.58 bits per heavy atom. The molecule has 0 atom stereocenters. The van der Waals surface area contributed by atoms with Crippen molar-refractivity contribution in [2.75, 3.05) is 43.5 Å². The largest absolute Gasteiger partial charge is 0.489 e. The van der Waals surface area contributed by atoms with Gasteiger partial charge in [0.05, 0.1) is 16.3 Å². The molecule has 0 saturated carbocycles. The van der Waals surface area contributed by atoms with Crippen molar-refractivity contribution in [3.8, 4) is 5.75 Å². The molecule has 1 saturated heterocycles. The molecule has 1 aromatic carbocycles. The molecule has 2 aromatic heterocycles. The zero-order valence-electron chi connectivity index (χ0n) is 23.4. The minimum atomic E-state index is -3.00. The zero-order valence-corrected chi connectivity index (χ0v) is 25.0. The first-order chi connectivity index (χ1) is 18.9. The number of hydrogen-bond donors (Lipinski definition) is 3. The van der Waals surface area contributed by atoms with Gasteiger partial charge in [0, 0.05) is 69.2 Å². The van der Waals surface area contributed by atoms with Gasteiger partial charge < -0.3 is 30.2 Å². The summed E-state index contributed by atoms with van der Waals surface area (Å²) in [6.45, 7) is 8.79. The Morgan fingerprint density at radius 2 is 1.90 bits per heavy atom. The number of carbonyl (C=O) groups excluding carboxylic acids is 1. The maximum Gasteiger partial charge on any atom is 0.317 e. The summed E-state index contributed by atoms with van der Waals surface area (Å²) in [6, 6.07) is 7.40. The number of likely N-dealkylation sites (tertiary alicyclic amines) is 1. The van der Waals surface area contributed by atoms with E-state index in [9.17, 15) is 13.2 Å². The van der Waals surface area contributed by atoms with Crippen molar-refractivity contribution in [3.63, 3.8) is 0 Å². The minimum absolute atomic E-state index is 0.0224. The van der Waals surface area contributed by atoms with Crippen molar-refractivity contribution in [1.29, 1.82) is 0 Å². The summed E-state index contributed by atoms with van der Waals surface area (Å²) in [5, 5.41) is 9.99. The average molecular weight is 592 g/mol. The number of nitrogens with zero attached hydrogens (tertiary/aromatic N) is 4. The number of ether oxygens (including phenoxy) is 1. The highest BCUT2D eigenvalue weighted by molar-refractivity contribution is 7.90. The minimum Gasteiger partial charge on any atom is -0.489 e. The van der Waals surface area contributed by atoms with Crippen molar-refractivity contribution in [3.05, 3.63) is 41.8 Å². The number of amides is 2. The fourth-order valence-corrected chi connectivity index (χ4v) is 5.20. The van der Waals surface area contributed by atoms with Crippen molar-refractivity contribution < 1.29 is 17.9 Å². The monoisotopic (exact) mass is 591 g/mol. The number of aromatic nitrogens is 3. The van der Waals surface area contributed by atoms with E-state index in [4.69, 9.17) is 16.3 Å². The second-order valence-electron chi connectivity index (χ2n) is 11.1. The normalized spacial score (nSPS) is 14.9. The quantitative estimate of drug-likeness (QED) is 0.303. The lowest BCUT2D eigenvalue weighted by atomic mass is 10.1. The highest BCUT2D eigenvalue weighted by Gasteiger charge is 2.26. The number of fused-ring (bicyclic) bond motifs is 1. The van der Waals surface area contributed by atoms with Crippen LogP contribution in [0.3, 0.4) is 0 Å². The lowest BCUT2D eigenvalue weighted by Gasteiger charge is -2.34. The summed E-state index contributed by atoms with van der Waals surface area (Å²) in [5.41, 5.74) is 2.12. The van der Waals surface area contributed by atoms with Crippen molar-refractivity contribution >= 4 is 50.0 Å². The summed E-state index contributed by atoms with van der Waals surface area (Å²) in [5.74, 6) is 1.34. The topological polar surface area (TPSA) is 130 Å². The number of urea groups is 1. The Morgan fingerprint density at radius 1 is 1.15 bits per heavy atom. The lowest BCUT2D eigenvalue weighted by molar-refractivity contribution is 0.108. The number of hydrogen-bond acceptors (Lipinski definition) is 8. The van der Waals surface area contributed by atoms with Crippen LogP contribution in [-0.4, -0.2) is 83.7 Å². The molecule has 3 N–H and O–H groups in total. The van der Waals surface area contributed by atoms with Crippen LogP contribution in [0.2, 0.25) is 5.02 Å². The van der Waals surface area contributed by atoms with E-state index in [0.29, 0.717) is 49.3 Å². The highest BCUT2D eigenvalue weighted by Crippen LogP contribution is 2.32. The molecule has 40 heavy (non-hydrogen) atoms. The Bertz CT molecular complexity index is 1430. The SMILES string of the molecule is CC(C)(C)NC(=O)N1CCC(Oc2ccc(Nc3ncnc4ccn(CCNCCS(C)(=O)=O)c34)cc2Cl)CC1. The lowest BCUT2D eigenvalue weighted by Crippen LogP contribution is -2.51. The van der Waals surface area contributed by atoms with E-state index in [1.54, 1.807) is 6.07 Å². The predicted molar refractivity (Wildman–Crippen MR) is 158 cm³/mol. The third-order valence-electron chi connectivity index (χ3n) is 6.43. The first kappa shape index (κ1) is 29.9. The third-order valence-corrected chi connectivity index (χ3v) is 7.67. The number of nitrogens with one attached hydrogen (secondary N) is 3. The molecule has 0 bridgehead atoms. The van der Waals surface area contributed by atoms with E-state index in [1.807, 2.05) is 54.6 Å². The van der Waals surface area contributed by atoms with Crippen LogP contribution < -0.4 is 20.7 Å². The smallest absolute Gasteiger partial charge is 0.317 e. The van der Waals surface area contributed by atoms with Crippen molar-refractivity contribution in [2.45, 2.75) is 51.8 Å². The van der Waals surface area contributed by atoms with Crippen LogP contribution in [0, 0.1) is 0 Å². The zero-order chi connectivity index (χ0) is 28.9. The fraction of sp³-hybridized carbons (Fsp3) is 0.519. The Kier molecular flexibility index (Phi) is 9.42. The molecule has 0 radical (unpaired) electrons. The molecule has 0 aliphatic carbocycles. The number of benzene rings is 1. The van der Waals surface area contributed by atoms with Gasteiger partial charge in [0.2, 0.25) is 0 Å². The number of carbonyl (C=O) groups is 1. The van der Waals surface area contributed by atoms with Gasteiger partial charge in [0.1, 0.15) is 33.5 Å². The molecule has 11 nitrogen and oxygen atoms in total. The van der Waals surface area contributed by atoms with Crippen molar-refractivity contribution in [1.82, 2.24) is 30.1 Å². The maximum absolute atomic E-state index is 12.4. The van der Waals surface area contributed by atoms with Gasteiger partial charge in [-0.05, 0) is 45.0 Å². The highest BCUT2D eigenvalue weighted by atomic mass is 35.5. The van der Waals surface area contributed by atoms with Crippen LogP contribution >= 0.6 is 11.6 Å². The molecular weight excluding hydrogens is 554 g/mol. The van der Waals surface area contributed by atoms with Crippen LogP contribution in [0.1, 0.15) is 33.6 Å². The number of anilines is 2. The summed E-state index contributed by atoms with van der Waals surface area (Å²) < 4.78 is 30.9. The first-order valence-electron chi connectivity index (χ1n) is 13.4. The van der Waals surface area contributed by atoms with Gasteiger partial charge in [0.25, 0.3) is 0 Å². The molecule has 13 heteroatoms. The van der Waals surface area contributed by atoms with E-state index < -0.39 is 9.84 Å².